The largest absolute Gasteiger partial charge is 0.389 e. The lowest BCUT2D eigenvalue weighted by Gasteiger charge is -2.23. The van der Waals surface area contributed by atoms with Crippen molar-refractivity contribution in [3.8, 4) is 11.5 Å². The Hall–Kier alpha value is -4.16. The molecule has 37 heavy (non-hydrogen) atoms. The molecular formula is C24H22F4N8O. The summed E-state index contributed by atoms with van der Waals surface area (Å²) in [5.41, 5.74) is 6.61. The van der Waals surface area contributed by atoms with E-state index in [0.29, 0.717) is 28.7 Å². The fraction of sp³-hybridized carbons (Fsp3) is 0.333. The molecule has 3 N–H and O–H groups in total. The average molecular weight is 514 g/mol. The van der Waals surface area contributed by atoms with Crippen LogP contribution in [0.25, 0.3) is 22.6 Å². The maximum Gasteiger partial charge on any atom is 0.389 e. The lowest BCUT2D eigenvalue weighted by Crippen LogP contribution is -2.33. The van der Waals surface area contributed by atoms with Gasteiger partial charge in [-0.2, -0.15) is 18.3 Å². The van der Waals surface area contributed by atoms with E-state index in [1.54, 1.807) is 11.6 Å². The zero-order valence-corrected chi connectivity index (χ0v) is 19.9. The SMILES string of the molecule is CCn1ncc2c(-c3nc(N)c4c(n3)NC(=O)C4(C)c3ccc(F)cc3)nc(CCCC(F)(F)F)nc21. The number of nitrogens with one attached hydrogen (secondary N) is 1. The van der Waals surface area contributed by atoms with Crippen molar-refractivity contribution in [2.45, 2.75) is 51.2 Å². The van der Waals surface area contributed by atoms with Gasteiger partial charge in [-0.1, -0.05) is 12.1 Å². The molecule has 4 aromatic rings. The molecule has 192 valence electrons. The molecule has 0 radical (unpaired) electrons. The predicted molar refractivity (Wildman–Crippen MR) is 127 cm³/mol. The van der Waals surface area contributed by atoms with Crippen molar-refractivity contribution in [2.75, 3.05) is 11.1 Å². The van der Waals surface area contributed by atoms with Crippen molar-refractivity contribution in [3.63, 3.8) is 0 Å². The highest BCUT2D eigenvalue weighted by Gasteiger charge is 2.47. The van der Waals surface area contributed by atoms with Gasteiger partial charge in [0, 0.05) is 19.4 Å². The third-order valence-electron chi connectivity index (χ3n) is 6.46. The van der Waals surface area contributed by atoms with Gasteiger partial charge in [0.15, 0.2) is 11.5 Å². The van der Waals surface area contributed by atoms with Gasteiger partial charge in [0.05, 0.1) is 17.1 Å². The molecule has 1 aliphatic heterocycles. The molecule has 1 aromatic carbocycles. The lowest BCUT2D eigenvalue weighted by molar-refractivity contribution is -0.135. The van der Waals surface area contributed by atoms with Gasteiger partial charge >= 0.3 is 6.18 Å². The molecule has 13 heteroatoms. The molecule has 0 aliphatic carbocycles. The van der Waals surface area contributed by atoms with Crippen LogP contribution in [0.4, 0.5) is 29.2 Å². The first-order chi connectivity index (χ1) is 17.5. The smallest absolute Gasteiger partial charge is 0.383 e. The van der Waals surface area contributed by atoms with Gasteiger partial charge in [0.2, 0.25) is 5.91 Å². The summed E-state index contributed by atoms with van der Waals surface area (Å²) in [5.74, 6) is -0.417. The monoisotopic (exact) mass is 514 g/mol. The topological polar surface area (TPSA) is 124 Å². The van der Waals surface area contributed by atoms with Crippen molar-refractivity contribution in [1.29, 1.82) is 0 Å². The first-order valence-electron chi connectivity index (χ1n) is 11.6. The van der Waals surface area contributed by atoms with Gasteiger partial charge in [0.25, 0.3) is 0 Å². The molecule has 9 nitrogen and oxygen atoms in total. The van der Waals surface area contributed by atoms with E-state index >= 15 is 0 Å². The van der Waals surface area contributed by atoms with Crippen molar-refractivity contribution < 1.29 is 22.4 Å². The number of halogens is 4. The Morgan fingerprint density at radius 2 is 1.84 bits per heavy atom. The van der Waals surface area contributed by atoms with E-state index in [9.17, 15) is 22.4 Å². The number of alkyl halides is 3. The van der Waals surface area contributed by atoms with Gasteiger partial charge in [-0.15, -0.1) is 0 Å². The molecule has 1 aliphatic rings. The summed E-state index contributed by atoms with van der Waals surface area (Å²) in [6.45, 7) is 3.97. The summed E-state index contributed by atoms with van der Waals surface area (Å²) in [5, 5.41) is 7.51. The van der Waals surface area contributed by atoms with Crippen LogP contribution in [0.1, 0.15) is 43.6 Å². The number of carbonyl (C=O) groups is 1. The number of aromatic nitrogens is 6. The van der Waals surface area contributed by atoms with Crippen molar-refractivity contribution in [2.24, 2.45) is 0 Å². The molecule has 0 bridgehead atoms. The van der Waals surface area contributed by atoms with Crippen molar-refractivity contribution >= 4 is 28.6 Å². The van der Waals surface area contributed by atoms with Gasteiger partial charge in [-0.3, -0.25) is 4.79 Å². The summed E-state index contributed by atoms with van der Waals surface area (Å²) < 4.78 is 53.2. The van der Waals surface area contributed by atoms with Crippen LogP contribution in [0, 0.1) is 5.82 Å². The van der Waals surface area contributed by atoms with Gasteiger partial charge in [-0.05, 0) is 38.0 Å². The number of hydrogen-bond donors (Lipinski definition) is 2. The summed E-state index contributed by atoms with van der Waals surface area (Å²) >= 11 is 0. The molecule has 1 amide bonds. The Balaban J connectivity index is 1.61. The molecule has 1 atom stereocenters. The molecule has 0 saturated carbocycles. The highest BCUT2D eigenvalue weighted by atomic mass is 19.4. The molecule has 0 saturated heterocycles. The van der Waals surface area contributed by atoms with Crippen molar-refractivity contribution in [1.82, 2.24) is 29.7 Å². The zero-order valence-electron chi connectivity index (χ0n) is 19.9. The minimum absolute atomic E-state index is 0.0124. The summed E-state index contributed by atoms with van der Waals surface area (Å²) in [7, 11) is 0. The number of anilines is 2. The van der Waals surface area contributed by atoms with Crippen LogP contribution in [0.15, 0.2) is 30.5 Å². The number of benzene rings is 1. The van der Waals surface area contributed by atoms with Crippen LogP contribution in [-0.4, -0.2) is 41.8 Å². The fourth-order valence-corrected chi connectivity index (χ4v) is 4.53. The minimum atomic E-state index is -4.29. The molecule has 3 aromatic heterocycles. The van der Waals surface area contributed by atoms with E-state index in [2.05, 4.69) is 30.4 Å². The summed E-state index contributed by atoms with van der Waals surface area (Å²) in [4.78, 5) is 30.9. The molecule has 0 spiro atoms. The number of amides is 1. The molecule has 4 heterocycles. The second kappa shape index (κ2) is 8.75. The number of carbonyl (C=O) groups excluding carboxylic acids is 1. The third kappa shape index (κ3) is 4.23. The second-order valence-corrected chi connectivity index (χ2v) is 8.90. The van der Waals surface area contributed by atoms with E-state index in [-0.39, 0.29) is 41.8 Å². The zero-order chi connectivity index (χ0) is 26.5. The highest BCUT2D eigenvalue weighted by Crippen LogP contribution is 2.45. The Bertz CT molecular complexity index is 1520. The number of rotatable bonds is 6. The Labute approximate surface area is 208 Å². The number of nitrogen functional groups attached to an aromatic ring is 1. The second-order valence-electron chi connectivity index (χ2n) is 8.90. The average Bonchev–Trinajstić information content (AvgIpc) is 3.36. The Morgan fingerprint density at radius 3 is 2.51 bits per heavy atom. The summed E-state index contributed by atoms with van der Waals surface area (Å²) in [6.07, 6.45) is -3.93. The van der Waals surface area contributed by atoms with Gasteiger partial charge in [0.1, 0.15) is 34.4 Å². The normalized spacial score (nSPS) is 17.3. The number of nitrogens with zero attached hydrogens (tertiary/aromatic N) is 6. The quantitative estimate of drug-likeness (QED) is 0.370. The molecule has 0 fully saturated rings. The lowest BCUT2D eigenvalue weighted by atomic mass is 9.78. The number of hydrogen-bond acceptors (Lipinski definition) is 7. The van der Waals surface area contributed by atoms with Gasteiger partial charge < -0.3 is 11.1 Å². The third-order valence-corrected chi connectivity index (χ3v) is 6.46. The summed E-state index contributed by atoms with van der Waals surface area (Å²) in [6, 6.07) is 5.50. The van der Waals surface area contributed by atoms with E-state index in [1.807, 2.05) is 6.92 Å². The van der Waals surface area contributed by atoms with Gasteiger partial charge in [-0.25, -0.2) is 29.0 Å². The number of fused-ring (bicyclic) bond motifs is 2. The van der Waals surface area contributed by atoms with E-state index in [1.165, 1.54) is 30.5 Å². The van der Waals surface area contributed by atoms with Crippen LogP contribution in [0.3, 0.4) is 0 Å². The first-order valence-corrected chi connectivity index (χ1v) is 11.6. The predicted octanol–water partition coefficient (Wildman–Crippen LogP) is 4.17. The number of aryl methyl sites for hydroxylation is 2. The van der Waals surface area contributed by atoms with Crippen LogP contribution >= 0.6 is 0 Å². The molecular weight excluding hydrogens is 492 g/mol. The standard InChI is InChI=1S/C24H22F4N8O/c1-3-36-21-14(11-30-36)17(31-15(32-21)5-4-10-24(26,27)28)20-33-18(29)16-19(34-20)35-22(37)23(16,2)12-6-8-13(25)9-7-12/h6-9,11H,3-5,10H2,1-2H3,(H3,29,33,34,35,37). The Morgan fingerprint density at radius 1 is 1.11 bits per heavy atom. The van der Waals surface area contributed by atoms with E-state index in [0.717, 1.165) is 0 Å². The minimum Gasteiger partial charge on any atom is -0.383 e. The van der Waals surface area contributed by atoms with Crippen molar-refractivity contribution in [3.05, 3.63) is 53.2 Å². The first kappa shape index (κ1) is 24.5. The molecule has 1 unspecified atom stereocenters. The highest BCUT2D eigenvalue weighted by molar-refractivity contribution is 6.09. The Kier molecular flexibility index (Phi) is 5.80. The maximum atomic E-state index is 13.5. The van der Waals surface area contributed by atoms with Crippen LogP contribution in [0.2, 0.25) is 0 Å². The van der Waals surface area contributed by atoms with Crippen LogP contribution in [0.5, 0.6) is 0 Å². The fourth-order valence-electron chi connectivity index (χ4n) is 4.53. The van der Waals surface area contributed by atoms with E-state index < -0.39 is 29.7 Å². The number of nitrogens with two attached hydrogens (primary N) is 1. The molecule has 5 rings (SSSR count). The van der Waals surface area contributed by atoms with Crippen LogP contribution in [-0.2, 0) is 23.2 Å². The van der Waals surface area contributed by atoms with E-state index in [4.69, 9.17) is 5.73 Å². The maximum absolute atomic E-state index is 13.5. The van der Waals surface area contributed by atoms with Crippen LogP contribution < -0.4 is 11.1 Å².